The number of carboxylic acids is 1. The Labute approximate surface area is 199 Å². The molecule has 0 heterocycles. The predicted molar refractivity (Wildman–Crippen MR) is 123 cm³/mol. The second-order valence-corrected chi connectivity index (χ2v) is 7.52. The van der Waals surface area contributed by atoms with E-state index >= 15 is 0 Å². The van der Waals surface area contributed by atoms with Crippen LogP contribution in [0, 0.1) is 17.2 Å². The lowest BCUT2D eigenvalue weighted by Crippen LogP contribution is -2.41. The Hall–Kier alpha value is -3.29. The zero-order chi connectivity index (χ0) is 24.6. The number of amides is 1. The summed E-state index contributed by atoms with van der Waals surface area (Å²) in [5.41, 5.74) is 1.73. The van der Waals surface area contributed by atoms with Crippen molar-refractivity contribution in [3.8, 4) is 6.07 Å². The van der Waals surface area contributed by atoms with Gasteiger partial charge < -0.3 is 29.4 Å². The molecule has 0 radical (unpaired) electrons. The molecular weight excluding hydrogens is 440 g/mol. The standard InChI is InChI=1S/C25H30N2O7/c1-31-11-12-32-18-34-17-23(27-24(28)21-9-7-19(14-26)8-10-21)13-22(25(29)30)16-33-15-20-5-3-2-4-6-20/h2-10,22-23H,11-13,15-18H2,1H3,(H,27,28)(H,29,30). The van der Waals surface area contributed by atoms with Gasteiger partial charge in [0.2, 0.25) is 0 Å². The van der Waals surface area contributed by atoms with Gasteiger partial charge in [0.05, 0.1) is 56.6 Å². The summed E-state index contributed by atoms with van der Waals surface area (Å²) in [7, 11) is 1.56. The molecule has 0 aromatic heterocycles. The van der Waals surface area contributed by atoms with Crippen LogP contribution in [0.4, 0.5) is 0 Å². The topological polar surface area (TPSA) is 127 Å². The van der Waals surface area contributed by atoms with Gasteiger partial charge in [-0.3, -0.25) is 9.59 Å². The van der Waals surface area contributed by atoms with Crippen molar-refractivity contribution in [2.45, 2.75) is 19.1 Å². The number of hydrogen-bond acceptors (Lipinski definition) is 7. The number of carboxylic acid groups (broad SMARTS) is 1. The number of nitrogens with one attached hydrogen (secondary N) is 1. The van der Waals surface area contributed by atoms with Crippen molar-refractivity contribution < 1.29 is 33.6 Å². The molecule has 0 bridgehead atoms. The number of rotatable bonds is 16. The summed E-state index contributed by atoms with van der Waals surface area (Å²) in [6.45, 7) is 1.08. The van der Waals surface area contributed by atoms with Crippen molar-refractivity contribution in [3.63, 3.8) is 0 Å². The molecule has 2 aromatic rings. The summed E-state index contributed by atoms with van der Waals surface area (Å²) in [5, 5.41) is 21.4. The third-order valence-corrected chi connectivity index (χ3v) is 4.88. The average Bonchev–Trinajstić information content (AvgIpc) is 2.85. The Morgan fingerprint density at radius 2 is 1.74 bits per heavy atom. The molecule has 0 saturated carbocycles. The van der Waals surface area contributed by atoms with Crippen LogP contribution in [-0.4, -0.2) is 63.4 Å². The number of nitriles is 1. The Morgan fingerprint density at radius 3 is 2.38 bits per heavy atom. The highest BCUT2D eigenvalue weighted by molar-refractivity contribution is 5.94. The molecule has 2 rings (SSSR count). The smallest absolute Gasteiger partial charge is 0.308 e. The maximum absolute atomic E-state index is 12.7. The van der Waals surface area contributed by atoms with Crippen LogP contribution in [0.15, 0.2) is 54.6 Å². The molecule has 9 heteroatoms. The fourth-order valence-corrected chi connectivity index (χ4v) is 3.06. The van der Waals surface area contributed by atoms with Crippen LogP contribution in [0.3, 0.4) is 0 Å². The second kappa shape index (κ2) is 15.5. The highest BCUT2D eigenvalue weighted by Gasteiger charge is 2.25. The van der Waals surface area contributed by atoms with Gasteiger partial charge in [-0.2, -0.15) is 5.26 Å². The molecule has 182 valence electrons. The van der Waals surface area contributed by atoms with Crippen molar-refractivity contribution in [2.75, 3.05) is 40.3 Å². The van der Waals surface area contributed by atoms with Crippen LogP contribution < -0.4 is 5.32 Å². The van der Waals surface area contributed by atoms with Gasteiger partial charge in [-0.15, -0.1) is 0 Å². The summed E-state index contributed by atoms with van der Waals surface area (Å²) < 4.78 is 21.3. The minimum Gasteiger partial charge on any atom is -0.481 e. The number of carbonyl (C=O) groups is 2. The van der Waals surface area contributed by atoms with Crippen LogP contribution >= 0.6 is 0 Å². The van der Waals surface area contributed by atoms with Crippen molar-refractivity contribution in [1.82, 2.24) is 5.32 Å². The summed E-state index contributed by atoms with van der Waals surface area (Å²) in [4.78, 5) is 24.6. The lowest BCUT2D eigenvalue weighted by molar-refractivity contribution is -0.145. The second-order valence-electron chi connectivity index (χ2n) is 7.52. The summed E-state index contributed by atoms with van der Waals surface area (Å²) in [5.74, 6) is -2.28. The molecule has 0 aliphatic rings. The van der Waals surface area contributed by atoms with Crippen molar-refractivity contribution in [2.24, 2.45) is 5.92 Å². The Kier molecular flexibility index (Phi) is 12.3. The molecule has 2 aromatic carbocycles. The zero-order valence-corrected chi connectivity index (χ0v) is 19.1. The first-order valence-electron chi connectivity index (χ1n) is 10.8. The number of benzene rings is 2. The monoisotopic (exact) mass is 470 g/mol. The van der Waals surface area contributed by atoms with Crippen LogP contribution in [0.1, 0.15) is 27.9 Å². The minimum absolute atomic E-state index is 0.0161. The summed E-state index contributed by atoms with van der Waals surface area (Å²) in [6, 6.07) is 17.0. The van der Waals surface area contributed by atoms with E-state index in [0.717, 1.165) is 5.56 Å². The first-order chi connectivity index (χ1) is 16.5. The number of aliphatic carboxylic acids is 1. The van der Waals surface area contributed by atoms with Gasteiger partial charge >= 0.3 is 5.97 Å². The van der Waals surface area contributed by atoms with Gasteiger partial charge in [0.25, 0.3) is 5.91 Å². The minimum atomic E-state index is -1.03. The van der Waals surface area contributed by atoms with Crippen LogP contribution in [0.25, 0.3) is 0 Å². The lowest BCUT2D eigenvalue weighted by Gasteiger charge is -2.22. The zero-order valence-electron chi connectivity index (χ0n) is 19.1. The van der Waals surface area contributed by atoms with E-state index in [-0.39, 0.29) is 33.0 Å². The van der Waals surface area contributed by atoms with Crippen molar-refractivity contribution in [1.29, 1.82) is 5.26 Å². The molecule has 1 amide bonds. The number of methoxy groups -OCH3 is 1. The van der Waals surface area contributed by atoms with Crippen molar-refractivity contribution in [3.05, 3.63) is 71.3 Å². The maximum atomic E-state index is 12.7. The van der Waals surface area contributed by atoms with E-state index < -0.39 is 23.8 Å². The highest BCUT2D eigenvalue weighted by Crippen LogP contribution is 2.12. The van der Waals surface area contributed by atoms with Gasteiger partial charge in [-0.05, 0) is 36.2 Å². The highest BCUT2D eigenvalue weighted by atomic mass is 16.7. The Bertz CT molecular complexity index is 913. The molecule has 0 fully saturated rings. The first-order valence-corrected chi connectivity index (χ1v) is 10.8. The Balaban J connectivity index is 1.97. The molecule has 2 unspecified atom stereocenters. The average molecular weight is 471 g/mol. The maximum Gasteiger partial charge on any atom is 0.308 e. The molecule has 2 N–H and O–H groups in total. The molecule has 0 aliphatic carbocycles. The molecule has 0 spiro atoms. The lowest BCUT2D eigenvalue weighted by atomic mass is 10.0. The van der Waals surface area contributed by atoms with Gasteiger partial charge in [-0.1, -0.05) is 30.3 Å². The first kappa shape index (κ1) is 27.0. The van der Waals surface area contributed by atoms with Crippen LogP contribution in [0.5, 0.6) is 0 Å². The van der Waals surface area contributed by atoms with E-state index in [4.69, 9.17) is 24.2 Å². The normalized spacial score (nSPS) is 12.5. The van der Waals surface area contributed by atoms with Crippen LogP contribution in [-0.2, 0) is 30.3 Å². The van der Waals surface area contributed by atoms with Gasteiger partial charge in [0.15, 0.2) is 0 Å². The van der Waals surface area contributed by atoms with E-state index in [9.17, 15) is 14.7 Å². The summed E-state index contributed by atoms with van der Waals surface area (Å²) in [6.07, 6.45) is 0.101. The third kappa shape index (κ3) is 10.1. The Morgan fingerprint density at radius 1 is 1.00 bits per heavy atom. The number of nitrogens with zero attached hydrogens (tertiary/aromatic N) is 1. The van der Waals surface area contributed by atoms with Crippen LogP contribution in [0.2, 0.25) is 0 Å². The fraction of sp³-hybridized carbons (Fsp3) is 0.400. The predicted octanol–water partition coefficient (Wildman–Crippen LogP) is 2.60. The van der Waals surface area contributed by atoms with Gasteiger partial charge in [0, 0.05) is 12.7 Å². The largest absolute Gasteiger partial charge is 0.481 e. The molecule has 34 heavy (non-hydrogen) atoms. The van der Waals surface area contributed by atoms with E-state index in [0.29, 0.717) is 24.3 Å². The van der Waals surface area contributed by atoms with E-state index in [1.54, 1.807) is 19.2 Å². The molecular formula is C25H30N2O7. The molecule has 0 aliphatic heterocycles. The molecule has 9 nitrogen and oxygen atoms in total. The number of ether oxygens (including phenoxy) is 4. The van der Waals surface area contributed by atoms with E-state index in [2.05, 4.69) is 5.32 Å². The number of carbonyl (C=O) groups excluding carboxylic acids is 1. The third-order valence-electron chi connectivity index (χ3n) is 4.88. The van der Waals surface area contributed by atoms with Gasteiger partial charge in [-0.25, -0.2) is 0 Å². The molecule has 0 saturated heterocycles. The van der Waals surface area contributed by atoms with Crippen molar-refractivity contribution >= 4 is 11.9 Å². The van der Waals surface area contributed by atoms with E-state index in [1.165, 1.54) is 12.1 Å². The SMILES string of the molecule is COCCOCOCC(CC(COCc1ccccc1)C(=O)O)NC(=O)c1ccc(C#N)cc1. The van der Waals surface area contributed by atoms with Gasteiger partial charge in [0.1, 0.15) is 6.79 Å². The molecule has 2 atom stereocenters. The van der Waals surface area contributed by atoms with E-state index in [1.807, 2.05) is 36.4 Å². The fourth-order valence-electron chi connectivity index (χ4n) is 3.06. The number of hydrogen-bond donors (Lipinski definition) is 2. The summed E-state index contributed by atoms with van der Waals surface area (Å²) >= 11 is 0. The quantitative estimate of drug-likeness (QED) is 0.283.